The quantitative estimate of drug-likeness (QED) is 0.351. The monoisotopic (exact) mass is 244 g/mol. The Morgan fingerprint density at radius 1 is 1.39 bits per heavy atom. The SMILES string of the molecule is C[n+]1ccn(-c2ccccc2)c1.N#CO.[N-]=C=O. The number of carbonyl (C=O) groups excluding carboxylic acids is 1. The Kier molecular flexibility index (Phi) is 7.83. The van der Waals surface area contributed by atoms with Gasteiger partial charge in [0.2, 0.25) is 6.33 Å². The lowest BCUT2D eigenvalue weighted by Gasteiger charge is -1.91. The molecule has 1 aromatic heterocycles. The van der Waals surface area contributed by atoms with Gasteiger partial charge >= 0.3 is 0 Å². The molecule has 1 heterocycles. The molecular formula is C12H12N4O2. The van der Waals surface area contributed by atoms with Crippen LogP contribution in [0.1, 0.15) is 0 Å². The summed E-state index contributed by atoms with van der Waals surface area (Å²) in [7, 11) is 2.01. The molecule has 2 aromatic rings. The smallest absolute Gasteiger partial charge is 0.283 e. The minimum Gasteiger partial charge on any atom is -0.724 e. The fourth-order valence-electron chi connectivity index (χ4n) is 1.20. The highest BCUT2D eigenvalue weighted by atomic mass is 16.2. The van der Waals surface area contributed by atoms with Crippen molar-refractivity contribution >= 4 is 6.08 Å². The van der Waals surface area contributed by atoms with Gasteiger partial charge in [0.1, 0.15) is 18.1 Å². The van der Waals surface area contributed by atoms with Crippen molar-refractivity contribution in [1.29, 1.82) is 5.26 Å². The van der Waals surface area contributed by atoms with Crippen molar-refractivity contribution in [1.82, 2.24) is 4.57 Å². The summed E-state index contributed by atoms with van der Waals surface area (Å²) in [6.45, 7) is 0. The standard InChI is InChI=1S/C10H11N2.CHNO.CNO/c1-11-7-8-12(9-11)10-5-3-2-4-6-10;2*2-1-3/h2-9H,1H3;3H;/q+1;;-1. The number of benzene rings is 1. The zero-order chi connectivity index (χ0) is 13.8. The first-order chi connectivity index (χ1) is 8.69. The average Bonchev–Trinajstić information content (AvgIpc) is 2.79. The molecule has 0 saturated heterocycles. The summed E-state index contributed by atoms with van der Waals surface area (Å²) < 4.78 is 4.10. The van der Waals surface area contributed by atoms with Gasteiger partial charge in [0.25, 0.3) is 6.26 Å². The van der Waals surface area contributed by atoms with E-state index in [1.807, 2.05) is 48.5 Å². The minimum atomic E-state index is 0.500. The lowest BCUT2D eigenvalue weighted by Crippen LogP contribution is -2.23. The molecule has 0 atom stereocenters. The third-order valence-corrected chi connectivity index (χ3v) is 1.82. The lowest BCUT2D eigenvalue weighted by molar-refractivity contribution is -0.670. The molecule has 1 aromatic carbocycles. The first kappa shape index (κ1) is 15.1. The minimum absolute atomic E-state index is 0.500. The summed E-state index contributed by atoms with van der Waals surface area (Å²) in [6.07, 6.45) is 7.34. The van der Waals surface area contributed by atoms with Gasteiger partial charge in [-0.05, 0) is 18.2 Å². The van der Waals surface area contributed by atoms with Crippen LogP contribution in [0.4, 0.5) is 0 Å². The van der Waals surface area contributed by atoms with Gasteiger partial charge in [0.05, 0.1) is 7.05 Å². The maximum Gasteiger partial charge on any atom is 0.283 e. The van der Waals surface area contributed by atoms with Crippen LogP contribution in [0, 0.1) is 11.5 Å². The summed E-state index contributed by atoms with van der Waals surface area (Å²) in [4.78, 5) is 8.24. The molecule has 0 aliphatic rings. The normalized spacial score (nSPS) is 7.56. The van der Waals surface area contributed by atoms with E-state index in [1.165, 1.54) is 5.69 Å². The Bertz CT molecular complexity index is 523. The molecule has 0 unspecified atom stereocenters. The van der Waals surface area contributed by atoms with Gasteiger partial charge < -0.3 is 10.5 Å². The molecule has 0 radical (unpaired) electrons. The number of aryl methyl sites for hydroxylation is 1. The van der Waals surface area contributed by atoms with Crippen LogP contribution in [0.3, 0.4) is 0 Å². The predicted octanol–water partition coefficient (Wildman–Crippen LogP) is 1.03. The summed E-state index contributed by atoms with van der Waals surface area (Å²) in [6, 6.07) is 10.3. The van der Waals surface area contributed by atoms with Gasteiger partial charge in [-0.25, -0.2) is 9.13 Å². The van der Waals surface area contributed by atoms with Crippen LogP contribution in [-0.2, 0) is 11.8 Å². The maximum atomic E-state index is 8.24. The summed E-state index contributed by atoms with van der Waals surface area (Å²) in [5.41, 5.74) is 1.19. The second-order valence-electron chi connectivity index (χ2n) is 3.01. The number of para-hydroxylation sites is 1. The number of aliphatic hydroxyl groups is 1. The molecule has 18 heavy (non-hydrogen) atoms. The number of nitrogens with zero attached hydrogens (tertiary/aromatic N) is 4. The number of hydrogen-bond donors (Lipinski definition) is 1. The van der Waals surface area contributed by atoms with Gasteiger partial charge in [0, 0.05) is 0 Å². The number of isocyanates is 1. The molecule has 92 valence electrons. The van der Waals surface area contributed by atoms with Crippen molar-refractivity contribution < 1.29 is 14.5 Å². The van der Waals surface area contributed by atoms with Crippen LogP contribution in [0.15, 0.2) is 49.1 Å². The van der Waals surface area contributed by atoms with Crippen LogP contribution in [-0.4, -0.2) is 15.8 Å². The zero-order valence-electron chi connectivity index (χ0n) is 9.76. The molecule has 0 spiro atoms. The van der Waals surface area contributed by atoms with Crippen molar-refractivity contribution in [2.75, 3.05) is 0 Å². The molecule has 0 saturated carbocycles. The largest absolute Gasteiger partial charge is 0.724 e. The highest BCUT2D eigenvalue weighted by Gasteiger charge is 2.00. The van der Waals surface area contributed by atoms with Crippen molar-refractivity contribution in [2.45, 2.75) is 0 Å². The van der Waals surface area contributed by atoms with Gasteiger partial charge in [-0.15, -0.1) is 0 Å². The maximum absolute atomic E-state index is 8.24. The van der Waals surface area contributed by atoms with E-state index < -0.39 is 0 Å². The number of imidazole rings is 1. The van der Waals surface area contributed by atoms with E-state index in [-0.39, 0.29) is 0 Å². The number of nitriles is 1. The van der Waals surface area contributed by atoms with Crippen LogP contribution in [0.25, 0.3) is 11.1 Å². The summed E-state index contributed by atoms with van der Waals surface area (Å²) in [5, 5.41) is 20.5. The molecule has 1 N–H and O–H groups in total. The van der Waals surface area contributed by atoms with Crippen molar-refractivity contribution in [3.05, 3.63) is 54.5 Å². The average molecular weight is 244 g/mol. The van der Waals surface area contributed by atoms with Crippen LogP contribution in [0.2, 0.25) is 0 Å². The van der Waals surface area contributed by atoms with Gasteiger partial charge in [-0.2, -0.15) is 5.26 Å². The fourth-order valence-corrected chi connectivity index (χ4v) is 1.20. The predicted molar refractivity (Wildman–Crippen MR) is 63.5 cm³/mol. The topological polar surface area (TPSA) is 92.2 Å². The van der Waals surface area contributed by atoms with Crippen LogP contribution < -0.4 is 4.57 Å². The molecular weight excluding hydrogens is 232 g/mol. The Balaban J connectivity index is 0.000000414. The summed E-state index contributed by atoms with van der Waals surface area (Å²) in [5.74, 6) is 0. The van der Waals surface area contributed by atoms with Crippen LogP contribution >= 0.6 is 0 Å². The van der Waals surface area contributed by atoms with E-state index in [4.69, 9.17) is 20.6 Å². The molecule has 6 heteroatoms. The van der Waals surface area contributed by atoms with Gasteiger partial charge in [-0.1, -0.05) is 18.2 Å². The number of aromatic nitrogens is 2. The van der Waals surface area contributed by atoms with Crippen molar-refractivity contribution in [3.8, 4) is 11.9 Å². The Hall–Kier alpha value is -2.90. The van der Waals surface area contributed by atoms with Crippen molar-refractivity contribution in [3.63, 3.8) is 0 Å². The highest BCUT2D eigenvalue weighted by Crippen LogP contribution is 2.03. The molecule has 0 fully saturated rings. The molecule has 6 nitrogen and oxygen atoms in total. The van der Waals surface area contributed by atoms with E-state index in [9.17, 15) is 0 Å². The molecule has 0 aliphatic heterocycles. The summed E-state index contributed by atoms with van der Waals surface area (Å²) >= 11 is 0. The fraction of sp³-hybridized carbons (Fsp3) is 0.0833. The van der Waals surface area contributed by atoms with E-state index in [0.717, 1.165) is 6.26 Å². The lowest BCUT2D eigenvalue weighted by atomic mass is 10.3. The second kappa shape index (κ2) is 9.33. The number of rotatable bonds is 1. The Labute approximate surface area is 104 Å². The first-order valence-corrected chi connectivity index (χ1v) is 4.82. The highest BCUT2D eigenvalue weighted by molar-refractivity contribution is 5.36. The zero-order valence-corrected chi connectivity index (χ0v) is 9.76. The second-order valence-corrected chi connectivity index (χ2v) is 3.01. The van der Waals surface area contributed by atoms with E-state index >= 15 is 0 Å². The molecule has 0 aliphatic carbocycles. The third-order valence-electron chi connectivity index (χ3n) is 1.82. The van der Waals surface area contributed by atoms with Gasteiger partial charge in [-0.3, -0.25) is 4.79 Å². The third kappa shape index (κ3) is 5.85. The first-order valence-electron chi connectivity index (χ1n) is 4.82. The van der Waals surface area contributed by atoms with E-state index in [0.29, 0.717) is 6.08 Å². The van der Waals surface area contributed by atoms with Crippen LogP contribution in [0.5, 0.6) is 0 Å². The van der Waals surface area contributed by atoms with Crippen molar-refractivity contribution in [2.24, 2.45) is 7.05 Å². The molecule has 0 amide bonds. The van der Waals surface area contributed by atoms with Gasteiger partial charge in [0.15, 0.2) is 0 Å². The Morgan fingerprint density at radius 3 is 2.28 bits per heavy atom. The molecule has 2 rings (SSSR count). The molecule has 0 bridgehead atoms. The number of aliphatic hydroxyl groups excluding tert-OH is 1. The Morgan fingerprint density at radius 2 is 1.89 bits per heavy atom. The van der Waals surface area contributed by atoms with E-state index in [2.05, 4.69) is 16.7 Å². The number of hydrogen-bond acceptors (Lipinski definition) is 3. The van der Waals surface area contributed by atoms with E-state index in [1.54, 1.807) is 0 Å².